The fourth-order valence-electron chi connectivity index (χ4n) is 1.49. The van der Waals surface area contributed by atoms with Gasteiger partial charge in [-0.15, -0.1) is 0 Å². The summed E-state index contributed by atoms with van der Waals surface area (Å²) in [7, 11) is 0. The third-order valence-corrected chi connectivity index (χ3v) is 2.35. The fraction of sp³-hybridized carbons (Fsp3) is 0.538. The predicted molar refractivity (Wildman–Crippen MR) is 64.1 cm³/mol. The summed E-state index contributed by atoms with van der Waals surface area (Å²) in [5.41, 5.74) is 1.26. The number of phenolic OH excluding ortho intramolecular Hbond substituents is 1. The van der Waals surface area contributed by atoms with E-state index in [9.17, 15) is 0 Å². The lowest BCUT2D eigenvalue weighted by atomic mass is 10.1. The average Bonchev–Trinajstić information content (AvgIpc) is 2.19. The molecule has 0 spiro atoms. The van der Waals surface area contributed by atoms with Crippen LogP contribution in [0.2, 0.25) is 0 Å². The molecule has 0 saturated heterocycles. The first-order valence-electron chi connectivity index (χ1n) is 5.59. The summed E-state index contributed by atoms with van der Waals surface area (Å²) >= 11 is 0. The van der Waals surface area contributed by atoms with Crippen molar-refractivity contribution < 1.29 is 5.11 Å². The second-order valence-corrected chi connectivity index (χ2v) is 4.57. The van der Waals surface area contributed by atoms with E-state index in [0.29, 0.717) is 17.7 Å². The molecule has 0 aromatic heterocycles. The molecule has 0 saturated carbocycles. The van der Waals surface area contributed by atoms with Crippen LogP contribution in [0.4, 0.5) is 0 Å². The summed E-state index contributed by atoms with van der Waals surface area (Å²) < 4.78 is 0. The zero-order chi connectivity index (χ0) is 11.3. The summed E-state index contributed by atoms with van der Waals surface area (Å²) in [6.45, 7) is 7.66. The largest absolute Gasteiger partial charge is 0.508 e. The zero-order valence-corrected chi connectivity index (χ0v) is 9.83. The van der Waals surface area contributed by atoms with Crippen LogP contribution >= 0.6 is 0 Å². The highest BCUT2D eigenvalue weighted by Crippen LogP contribution is 2.11. The minimum absolute atomic E-state index is 0.335. The summed E-state index contributed by atoms with van der Waals surface area (Å²) in [5, 5.41) is 12.6. The Morgan fingerprint density at radius 1 is 1.13 bits per heavy atom. The van der Waals surface area contributed by atoms with Crippen molar-refractivity contribution in [3.8, 4) is 5.75 Å². The molecule has 1 unspecified atom stereocenters. The van der Waals surface area contributed by atoms with Gasteiger partial charge in [-0.1, -0.05) is 26.0 Å². The SMILES string of the molecule is CC(C)CNC(C)Cc1ccc(O)cc1. The van der Waals surface area contributed by atoms with Gasteiger partial charge in [0.25, 0.3) is 0 Å². The van der Waals surface area contributed by atoms with Crippen molar-refractivity contribution in [2.24, 2.45) is 5.92 Å². The Bertz CT molecular complexity index is 279. The Morgan fingerprint density at radius 3 is 2.27 bits per heavy atom. The molecule has 1 aromatic carbocycles. The van der Waals surface area contributed by atoms with Crippen LogP contribution < -0.4 is 5.32 Å². The second-order valence-electron chi connectivity index (χ2n) is 4.57. The molecule has 2 nitrogen and oxygen atoms in total. The highest BCUT2D eigenvalue weighted by Gasteiger charge is 2.03. The van der Waals surface area contributed by atoms with Crippen molar-refractivity contribution in [3.63, 3.8) is 0 Å². The molecule has 0 heterocycles. The van der Waals surface area contributed by atoms with E-state index in [-0.39, 0.29) is 0 Å². The molecule has 2 N–H and O–H groups in total. The number of rotatable bonds is 5. The van der Waals surface area contributed by atoms with E-state index in [0.717, 1.165) is 13.0 Å². The van der Waals surface area contributed by atoms with Crippen molar-refractivity contribution in [1.82, 2.24) is 5.32 Å². The first kappa shape index (κ1) is 12.1. The Morgan fingerprint density at radius 2 is 1.73 bits per heavy atom. The maximum Gasteiger partial charge on any atom is 0.115 e. The topological polar surface area (TPSA) is 32.3 Å². The maximum atomic E-state index is 9.15. The quantitative estimate of drug-likeness (QED) is 0.777. The molecule has 0 bridgehead atoms. The highest BCUT2D eigenvalue weighted by molar-refractivity contribution is 5.26. The van der Waals surface area contributed by atoms with Crippen molar-refractivity contribution in [2.45, 2.75) is 33.2 Å². The van der Waals surface area contributed by atoms with Gasteiger partial charge in [-0.2, -0.15) is 0 Å². The van der Waals surface area contributed by atoms with Crippen LogP contribution in [0.1, 0.15) is 26.3 Å². The fourth-order valence-corrected chi connectivity index (χ4v) is 1.49. The molecular formula is C13H21NO. The van der Waals surface area contributed by atoms with Gasteiger partial charge in [-0.3, -0.25) is 0 Å². The Kier molecular flexibility index (Phi) is 4.63. The Balaban J connectivity index is 2.37. The normalized spacial score (nSPS) is 13.1. The number of aromatic hydroxyl groups is 1. The third kappa shape index (κ3) is 4.84. The van der Waals surface area contributed by atoms with Crippen LogP contribution in [-0.4, -0.2) is 17.7 Å². The summed E-state index contributed by atoms with van der Waals surface area (Å²) in [6, 6.07) is 7.91. The lowest BCUT2D eigenvalue weighted by molar-refractivity contribution is 0.472. The molecule has 0 aliphatic rings. The molecule has 0 aliphatic heterocycles. The van der Waals surface area contributed by atoms with Crippen molar-refractivity contribution in [2.75, 3.05) is 6.54 Å². The zero-order valence-electron chi connectivity index (χ0n) is 9.83. The van der Waals surface area contributed by atoms with E-state index in [1.807, 2.05) is 12.1 Å². The van der Waals surface area contributed by atoms with Gasteiger partial charge in [0.05, 0.1) is 0 Å². The summed E-state index contributed by atoms with van der Waals surface area (Å²) in [4.78, 5) is 0. The molecule has 1 rings (SSSR count). The van der Waals surface area contributed by atoms with E-state index in [4.69, 9.17) is 5.11 Å². The van der Waals surface area contributed by atoms with Crippen LogP contribution in [0.5, 0.6) is 5.75 Å². The van der Waals surface area contributed by atoms with Gasteiger partial charge in [-0.25, -0.2) is 0 Å². The van der Waals surface area contributed by atoms with Crippen LogP contribution in [0.15, 0.2) is 24.3 Å². The number of benzene rings is 1. The number of nitrogens with one attached hydrogen (secondary N) is 1. The first-order chi connectivity index (χ1) is 7.08. The van der Waals surface area contributed by atoms with Crippen LogP contribution in [0.3, 0.4) is 0 Å². The number of hydrogen-bond acceptors (Lipinski definition) is 2. The lowest BCUT2D eigenvalue weighted by Crippen LogP contribution is -2.31. The second kappa shape index (κ2) is 5.76. The van der Waals surface area contributed by atoms with Crippen LogP contribution in [0.25, 0.3) is 0 Å². The highest BCUT2D eigenvalue weighted by atomic mass is 16.3. The van der Waals surface area contributed by atoms with Gasteiger partial charge in [0.2, 0.25) is 0 Å². The van der Waals surface area contributed by atoms with Gasteiger partial charge < -0.3 is 10.4 Å². The smallest absolute Gasteiger partial charge is 0.115 e. The molecule has 15 heavy (non-hydrogen) atoms. The van der Waals surface area contributed by atoms with Gasteiger partial charge in [0.1, 0.15) is 5.75 Å². The molecule has 1 aromatic rings. The van der Waals surface area contributed by atoms with Crippen molar-refractivity contribution in [1.29, 1.82) is 0 Å². The lowest BCUT2D eigenvalue weighted by Gasteiger charge is -2.15. The van der Waals surface area contributed by atoms with E-state index in [1.54, 1.807) is 12.1 Å². The maximum absolute atomic E-state index is 9.15. The monoisotopic (exact) mass is 207 g/mol. The van der Waals surface area contributed by atoms with Crippen molar-refractivity contribution in [3.05, 3.63) is 29.8 Å². The standard InChI is InChI=1S/C13H21NO/c1-10(2)9-14-11(3)8-12-4-6-13(15)7-5-12/h4-7,10-11,14-15H,8-9H2,1-3H3. The van der Waals surface area contributed by atoms with Crippen molar-refractivity contribution >= 4 is 0 Å². The molecule has 1 atom stereocenters. The number of phenols is 1. The molecular weight excluding hydrogens is 186 g/mol. The number of hydrogen-bond donors (Lipinski definition) is 2. The summed E-state index contributed by atoms with van der Waals surface area (Å²) in [5.74, 6) is 1.02. The van der Waals surface area contributed by atoms with Gasteiger partial charge >= 0.3 is 0 Å². The summed E-state index contributed by atoms with van der Waals surface area (Å²) in [6.07, 6.45) is 1.01. The van der Waals surface area contributed by atoms with Crippen LogP contribution in [-0.2, 0) is 6.42 Å². The molecule has 0 aliphatic carbocycles. The molecule has 2 heteroatoms. The van der Waals surface area contributed by atoms with E-state index >= 15 is 0 Å². The van der Waals surface area contributed by atoms with E-state index < -0.39 is 0 Å². The molecule has 0 fully saturated rings. The van der Waals surface area contributed by atoms with Crippen LogP contribution in [0, 0.1) is 5.92 Å². The van der Waals surface area contributed by atoms with Gasteiger partial charge in [0.15, 0.2) is 0 Å². The van der Waals surface area contributed by atoms with E-state index in [1.165, 1.54) is 5.56 Å². The Labute approximate surface area is 92.3 Å². The Hall–Kier alpha value is -1.02. The predicted octanol–water partition coefficient (Wildman–Crippen LogP) is 2.57. The minimum atomic E-state index is 0.335. The molecule has 84 valence electrons. The molecule has 0 radical (unpaired) electrons. The van der Waals surface area contributed by atoms with E-state index in [2.05, 4.69) is 26.1 Å². The third-order valence-electron chi connectivity index (χ3n) is 2.35. The molecule has 0 amide bonds. The average molecular weight is 207 g/mol. The minimum Gasteiger partial charge on any atom is -0.508 e. The van der Waals surface area contributed by atoms with Gasteiger partial charge in [0, 0.05) is 6.04 Å². The van der Waals surface area contributed by atoms with Gasteiger partial charge in [-0.05, 0) is 43.5 Å². The first-order valence-corrected chi connectivity index (χ1v) is 5.59.